The number of benzene rings is 4. The number of aromatic nitrogens is 6. The van der Waals surface area contributed by atoms with Crippen molar-refractivity contribution in [3.05, 3.63) is 115 Å². The summed E-state index contributed by atoms with van der Waals surface area (Å²) in [5.74, 6) is 1.45. The van der Waals surface area contributed by atoms with E-state index in [0.717, 1.165) is 68.5 Å². The van der Waals surface area contributed by atoms with Crippen molar-refractivity contribution in [1.29, 1.82) is 0 Å². The summed E-state index contributed by atoms with van der Waals surface area (Å²) >= 11 is 0. The predicted molar refractivity (Wildman–Crippen MR) is 206 cm³/mol. The average Bonchev–Trinajstić information content (AvgIpc) is 3.59. The van der Waals surface area contributed by atoms with Gasteiger partial charge in [-0.3, -0.25) is 9.47 Å². The largest absolute Gasteiger partial charge is 0.368 e. The van der Waals surface area contributed by atoms with Gasteiger partial charge in [-0.1, -0.05) is 66.7 Å². The van der Waals surface area contributed by atoms with E-state index in [-0.39, 0.29) is 18.0 Å². The lowest BCUT2D eigenvalue weighted by Gasteiger charge is -2.39. The summed E-state index contributed by atoms with van der Waals surface area (Å²) in [6.07, 6.45) is 4.23. The molecule has 4 N–H and O–H groups in total. The summed E-state index contributed by atoms with van der Waals surface area (Å²) in [7, 11) is 2.12. The van der Waals surface area contributed by atoms with E-state index in [9.17, 15) is 4.79 Å². The summed E-state index contributed by atoms with van der Waals surface area (Å²) in [5.41, 5.74) is 13.0. The van der Waals surface area contributed by atoms with Crippen LogP contribution in [0.15, 0.2) is 110 Å². The van der Waals surface area contributed by atoms with Crippen LogP contribution in [-0.2, 0) is 0 Å². The van der Waals surface area contributed by atoms with Gasteiger partial charge in [-0.25, -0.2) is 24.7 Å². The third-order valence-corrected chi connectivity index (χ3v) is 9.75. The van der Waals surface area contributed by atoms with Crippen LogP contribution < -0.4 is 16.4 Å². The Morgan fingerprint density at radius 2 is 1.73 bits per heavy atom. The molecule has 1 unspecified atom stereocenters. The number of urea groups is 1. The molecule has 2 amide bonds. The first-order chi connectivity index (χ1) is 25.4. The molecule has 1 saturated heterocycles. The lowest BCUT2D eigenvalue weighted by Crippen LogP contribution is -2.54. The zero-order valence-corrected chi connectivity index (χ0v) is 29.1. The fourth-order valence-corrected chi connectivity index (χ4v) is 6.85. The number of amides is 2. The molecule has 12 heteroatoms. The van der Waals surface area contributed by atoms with Crippen molar-refractivity contribution < 1.29 is 4.79 Å². The third-order valence-electron chi connectivity index (χ3n) is 9.75. The lowest BCUT2D eigenvalue weighted by molar-refractivity contribution is 0.113. The molecule has 1 fully saturated rings. The van der Waals surface area contributed by atoms with E-state index in [0.29, 0.717) is 31.4 Å². The number of likely N-dealkylation sites (N-methyl/N-ethyl adjacent to an activating group) is 1. The Balaban J connectivity index is 1.01. The summed E-state index contributed by atoms with van der Waals surface area (Å²) in [4.78, 5) is 40.7. The zero-order valence-electron chi connectivity index (χ0n) is 29.1. The molecule has 1 aliphatic heterocycles. The molecule has 7 aromatic rings. The standard InChI is InChI=1S/C40H39N11O/c1-26-8-3-5-11-30(26)34-23-37(51-25-44-35-22-28(14-15-36(35)51)32-17-19-42-38(41)45-32)48-39(46-34)43-18-16-29-24-50(21-20-49(29)2)40(52)47-33-13-7-10-27-9-4-6-12-31(27)33/h3-15,17,19,22-23,25,29H,16,18,20-21,24H2,1-2H3,(H,47,52)(H2,41,42,45)(H,43,46,48). The second-order valence-corrected chi connectivity index (χ2v) is 13.1. The number of nitrogens with two attached hydrogens (primary N) is 1. The van der Waals surface area contributed by atoms with Gasteiger partial charge in [0.25, 0.3) is 0 Å². The first kappa shape index (κ1) is 32.8. The number of imidazole rings is 1. The van der Waals surface area contributed by atoms with E-state index in [1.807, 2.05) is 82.3 Å². The fourth-order valence-electron chi connectivity index (χ4n) is 6.85. The van der Waals surface area contributed by atoms with Gasteiger partial charge in [0.1, 0.15) is 12.1 Å². The number of carbonyl (C=O) groups is 1. The van der Waals surface area contributed by atoms with E-state index in [4.69, 9.17) is 20.7 Å². The second-order valence-electron chi connectivity index (χ2n) is 13.1. The number of nitrogens with one attached hydrogen (secondary N) is 2. The quantitative estimate of drug-likeness (QED) is 0.160. The van der Waals surface area contributed by atoms with Crippen LogP contribution in [0.3, 0.4) is 0 Å². The molecular formula is C40H39N11O. The van der Waals surface area contributed by atoms with Gasteiger partial charge in [0.15, 0.2) is 0 Å². The zero-order chi connectivity index (χ0) is 35.6. The molecule has 0 saturated carbocycles. The highest BCUT2D eigenvalue weighted by atomic mass is 16.2. The van der Waals surface area contributed by atoms with Crippen LogP contribution in [0.25, 0.3) is 50.1 Å². The minimum Gasteiger partial charge on any atom is -0.368 e. The highest BCUT2D eigenvalue weighted by molar-refractivity contribution is 6.01. The molecule has 52 heavy (non-hydrogen) atoms. The van der Waals surface area contributed by atoms with Gasteiger partial charge in [0.2, 0.25) is 11.9 Å². The minimum atomic E-state index is -0.0813. The lowest BCUT2D eigenvalue weighted by atomic mass is 10.1. The van der Waals surface area contributed by atoms with E-state index < -0.39 is 0 Å². The van der Waals surface area contributed by atoms with Gasteiger partial charge in [-0.15, -0.1) is 0 Å². The number of rotatable bonds is 8. The fraction of sp³-hybridized carbons (Fsp3) is 0.200. The molecule has 0 spiro atoms. The number of aryl methyl sites for hydroxylation is 1. The van der Waals surface area contributed by atoms with E-state index >= 15 is 0 Å². The van der Waals surface area contributed by atoms with Crippen molar-refractivity contribution in [3.63, 3.8) is 0 Å². The number of hydrogen-bond donors (Lipinski definition) is 3. The van der Waals surface area contributed by atoms with E-state index in [1.54, 1.807) is 12.5 Å². The number of nitrogens with zero attached hydrogens (tertiary/aromatic N) is 8. The Labute approximate surface area is 301 Å². The molecule has 1 aliphatic rings. The van der Waals surface area contributed by atoms with Gasteiger partial charge in [0.05, 0.1) is 28.1 Å². The Morgan fingerprint density at radius 3 is 2.62 bits per heavy atom. The van der Waals surface area contributed by atoms with Crippen molar-refractivity contribution >= 4 is 45.4 Å². The Morgan fingerprint density at radius 1 is 0.885 bits per heavy atom. The Kier molecular flexibility index (Phi) is 8.88. The van der Waals surface area contributed by atoms with Gasteiger partial charge in [0, 0.05) is 61.0 Å². The molecule has 3 aromatic heterocycles. The molecule has 8 rings (SSSR count). The van der Waals surface area contributed by atoms with Crippen molar-refractivity contribution in [3.8, 4) is 28.3 Å². The number of fused-ring (bicyclic) bond motifs is 2. The summed E-state index contributed by atoms with van der Waals surface area (Å²) in [5, 5.41) is 8.79. The number of nitrogen functional groups attached to an aromatic ring is 1. The number of piperazine rings is 1. The maximum atomic E-state index is 13.4. The second kappa shape index (κ2) is 14.1. The molecule has 0 radical (unpaired) electrons. The average molecular weight is 690 g/mol. The van der Waals surface area contributed by atoms with Crippen LogP contribution in [-0.4, -0.2) is 84.6 Å². The highest BCUT2D eigenvalue weighted by Gasteiger charge is 2.27. The van der Waals surface area contributed by atoms with Crippen LogP contribution in [0.1, 0.15) is 12.0 Å². The molecule has 0 bridgehead atoms. The smallest absolute Gasteiger partial charge is 0.321 e. The van der Waals surface area contributed by atoms with E-state index in [2.05, 4.69) is 63.7 Å². The first-order valence-corrected chi connectivity index (χ1v) is 17.4. The van der Waals surface area contributed by atoms with Crippen LogP contribution in [0, 0.1) is 6.92 Å². The van der Waals surface area contributed by atoms with Gasteiger partial charge in [-0.05, 0) is 55.6 Å². The topological polar surface area (TPSA) is 143 Å². The maximum absolute atomic E-state index is 13.4. The maximum Gasteiger partial charge on any atom is 0.321 e. The van der Waals surface area contributed by atoms with Gasteiger partial charge >= 0.3 is 6.03 Å². The number of hydrogen-bond acceptors (Lipinski definition) is 9. The molecule has 12 nitrogen and oxygen atoms in total. The molecule has 1 atom stereocenters. The van der Waals surface area contributed by atoms with Crippen molar-refractivity contribution in [1.82, 2.24) is 39.3 Å². The minimum absolute atomic E-state index is 0.0813. The van der Waals surface area contributed by atoms with E-state index in [1.165, 1.54) is 0 Å². The van der Waals surface area contributed by atoms with Gasteiger partial charge in [-0.2, -0.15) is 4.98 Å². The van der Waals surface area contributed by atoms with Crippen molar-refractivity contribution in [2.75, 3.05) is 49.6 Å². The van der Waals surface area contributed by atoms with Crippen LogP contribution in [0.2, 0.25) is 0 Å². The highest BCUT2D eigenvalue weighted by Crippen LogP contribution is 2.28. The molecular weight excluding hydrogens is 651 g/mol. The van der Waals surface area contributed by atoms with Crippen LogP contribution in [0.4, 0.5) is 22.4 Å². The Bertz CT molecular complexity index is 2400. The van der Waals surface area contributed by atoms with Gasteiger partial charge < -0.3 is 21.3 Å². The molecule has 0 aliphatic carbocycles. The summed E-state index contributed by atoms with van der Waals surface area (Å²) in [6, 6.07) is 32.2. The summed E-state index contributed by atoms with van der Waals surface area (Å²) < 4.78 is 1.98. The van der Waals surface area contributed by atoms with Crippen LogP contribution in [0.5, 0.6) is 0 Å². The Hall–Kier alpha value is -6.40. The first-order valence-electron chi connectivity index (χ1n) is 17.4. The van der Waals surface area contributed by atoms with Crippen molar-refractivity contribution in [2.45, 2.75) is 19.4 Å². The number of anilines is 3. The van der Waals surface area contributed by atoms with Crippen LogP contribution >= 0.6 is 0 Å². The van der Waals surface area contributed by atoms with Crippen molar-refractivity contribution in [2.24, 2.45) is 0 Å². The predicted octanol–water partition coefficient (Wildman–Crippen LogP) is 6.63. The third kappa shape index (κ3) is 6.71. The molecule has 260 valence electrons. The monoisotopic (exact) mass is 689 g/mol. The normalized spacial score (nSPS) is 14.9. The molecule has 4 heterocycles. The summed E-state index contributed by atoms with van der Waals surface area (Å²) in [6.45, 7) is 4.78. The number of carbonyl (C=O) groups excluding carboxylic acids is 1. The SMILES string of the molecule is Cc1ccccc1-c1cc(-n2cnc3cc(-c4ccnc(N)n4)ccc32)nc(NCCC2CN(C(=O)Nc3cccc4ccccc34)CCN2C)n1. The molecule has 4 aromatic carbocycles.